The SMILES string of the molecule is Cc1cc(C(=O)NC(=NC2CCC(C(F)(F)F)NC2)Nc2cc(F)cc(Cl)c2)on1. The van der Waals surface area contributed by atoms with Crippen LogP contribution in [0.3, 0.4) is 0 Å². The number of nitrogens with one attached hydrogen (secondary N) is 3. The van der Waals surface area contributed by atoms with E-state index in [1.54, 1.807) is 6.92 Å². The third-order valence-corrected chi connectivity index (χ3v) is 4.52. The summed E-state index contributed by atoms with van der Waals surface area (Å²) in [5.74, 6) is -1.47. The molecule has 3 rings (SSSR count). The van der Waals surface area contributed by atoms with Gasteiger partial charge in [0.15, 0.2) is 0 Å². The van der Waals surface area contributed by atoms with Crippen molar-refractivity contribution >= 4 is 29.2 Å². The van der Waals surface area contributed by atoms with E-state index in [1.165, 1.54) is 12.1 Å². The number of benzene rings is 1. The van der Waals surface area contributed by atoms with Crippen LogP contribution in [0.4, 0.5) is 23.2 Å². The van der Waals surface area contributed by atoms with Crippen molar-refractivity contribution in [1.82, 2.24) is 15.8 Å². The Bertz CT molecular complexity index is 919. The molecule has 1 aromatic heterocycles. The van der Waals surface area contributed by atoms with E-state index < -0.39 is 30.0 Å². The van der Waals surface area contributed by atoms with Crippen LogP contribution in [-0.2, 0) is 0 Å². The normalized spacial score (nSPS) is 20.1. The van der Waals surface area contributed by atoms with Crippen molar-refractivity contribution in [2.24, 2.45) is 4.99 Å². The minimum atomic E-state index is -4.34. The summed E-state index contributed by atoms with van der Waals surface area (Å²) in [4.78, 5) is 16.7. The van der Waals surface area contributed by atoms with Crippen LogP contribution >= 0.6 is 11.6 Å². The number of halogens is 5. The van der Waals surface area contributed by atoms with Crippen molar-refractivity contribution in [3.63, 3.8) is 0 Å². The number of rotatable bonds is 3. The molecule has 2 aromatic rings. The van der Waals surface area contributed by atoms with Crippen LogP contribution in [0.15, 0.2) is 33.8 Å². The summed E-state index contributed by atoms with van der Waals surface area (Å²) in [5.41, 5.74) is 0.683. The summed E-state index contributed by atoms with van der Waals surface area (Å²) < 4.78 is 57.0. The summed E-state index contributed by atoms with van der Waals surface area (Å²) in [7, 11) is 0. The topological polar surface area (TPSA) is 91.5 Å². The second-order valence-corrected chi connectivity index (χ2v) is 7.22. The fourth-order valence-electron chi connectivity index (χ4n) is 2.91. The molecule has 1 aliphatic heterocycles. The lowest BCUT2D eigenvalue weighted by Gasteiger charge is -2.29. The van der Waals surface area contributed by atoms with Crippen molar-refractivity contribution in [3.05, 3.63) is 46.6 Å². The van der Waals surface area contributed by atoms with Gasteiger partial charge in [-0.05, 0) is 38.0 Å². The maximum Gasteiger partial charge on any atom is 0.403 e. The molecule has 1 fully saturated rings. The van der Waals surface area contributed by atoms with E-state index in [9.17, 15) is 22.4 Å². The van der Waals surface area contributed by atoms with Crippen molar-refractivity contribution < 1.29 is 26.9 Å². The number of alkyl halides is 3. The zero-order chi connectivity index (χ0) is 21.9. The lowest BCUT2D eigenvalue weighted by molar-refractivity contribution is -0.160. The molecule has 1 amide bonds. The van der Waals surface area contributed by atoms with Gasteiger partial charge in [-0.1, -0.05) is 16.8 Å². The van der Waals surface area contributed by atoms with Crippen molar-refractivity contribution in [2.75, 3.05) is 11.9 Å². The van der Waals surface area contributed by atoms with Gasteiger partial charge in [-0.3, -0.25) is 10.1 Å². The average molecular weight is 448 g/mol. The fraction of sp³-hybridized carbons (Fsp3) is 0.389. The van der Waals surface area contributed by atoms with E-state index in [0.717, 1.165) is 12.1 Å². The molecule has 0 bridgehead atoms. The smallest absolute Gasteiger partial charge is 0.351 e. The molecule has 7 nitrogen and oxygen atoms in total. The molecule has 2 atom stereocenters. The molecular weight excluding hydrogens is 430 g/mol. The first-order valence-corrected chi connectivity index (χ1v) is 9.33. The van der Waals surface area contributed by atoms with Crippen LogP contribution < -0.4 is 16.0 Å². The molecule has 0 aliphatic carbocycles. The first-order chi connectivity index (χ1) is 14.1. The summed E-state index contributed by atoms with van der Waals surface area (Å²) in [6, 6.07) is 2.89. The fourth-order valence-corrected chi connectivity index (χ4v) is 3.13. The zero-order valence-electron chi connectivity index (χ0n) is 15.7. The number of carbonyl (C=O) groups is 1. The highest BCUT2D eigenvalue weighted by Gasteiger charge is 2.41. The molecule has 0 radical (unpaired) electrons. The van der Waals surface area contributed by atoms with Crippen molar-refractivity contribution in [2.45, 2.75) is 38.0 Å². The van der Waals surface area contributed by atoms with Gasteiger partial charge in [-0.15, -0.1) is 0 Å². The van der Waals surface area contributed by atoms with Gasteiger partial charge in [-0.25, -0.2) is 9.38 Å². The van der Waals surface area contributed by atoms with Crippen molar-refractivity contribution in [1.29, 1.82) is 0 Å². The molecule has 1 aromatic carbocycles. The predicted molar refractivity (Wildman–Crippen MR) is 102 cm³/mol. The van der Waals surface area contributed by atoms with E-state index in [4.69, 9.17) is 16.1 Å². The standard InChI is InChI=1S/C18H18ClF4N5O2/c1-9-4-14(30-28-9)16(29)27-17(26-13-6-10(19)5-11(20)7-13)25-12-2-3-15(24-8-12)18(21,22)23/h4-7,12,15,24H,2-3,8H2,1H3,(H2,25,26,27,29). The molecule has 0 saturated carbocycles. The molecular formula is C18H18ClF4N5O2. The number of hydrogen-bond donors (Lipinski definition) is 3. The molecule has 12 heteroatoms. The Morgan fingerprint density at radius 1 is 1.30 bits per heavy atom. The number of aromatic nitrogens is 1. The van der Waals surface area contributed by atoms with Crippen LogP contribution in [0, 0.1) is 12.7 Å². The molecule has 0 spiro atoms. The quantitative estimate of drug-likeness (QED) is 0.379. The average Bonchev–Trinajstić information content (AvgIpc) is 3.07. The number of guanidine groups is 1. The van der Waals surface area contributed by atoms with Gasteiger partial charge in [0.05, 0.1) is 11.7 Å². The number of aliphatic imine (C=N–C) groups is 1. The molecule has 2 heterocycles. The Kier molecular flexibility index (Phi) is 6.61. The Hall–Kier alpha value is -2.66. The van der Waals surface area contributed by atoms with Gasteiger partial charge in [-0.2, -0.15) is 13.2 Å². The van der Waals surface area contributed by atoms with Gasteiger partial charge in [0.1, 0.15) is 11.9 Å². The highest BCUT2D eigenvalue weighted by atomic mass is 35.5. The summed E-state index contributed by atoms with van der Waals surface area (Å²) >= 11 is 5.84. The maximum atomic E-state index is 13.6. The highest BCUT2D eigenvalue weighted by molar-refractivity contribution is 6.31. The molecule has 162 valence electrons. The molecule has 2 unspecified atom stereocenters. The number of piperidine rings is 1. The Labute approximate surface area is 173 Å². The Morgan fingerprint density at radius 2 is 2.07 bits per heavy atom. The number of anilines is 1. The van der Waals surface area contributed by atoms with E-state index in [1.807, 2.05) is 0 Å². The van der Waals surface area contributed by atoms with Crippen molar-refractivity contribution in [3.8, 4) is 0 Å². The minimum Gasteiger partial charge on any atom is -0.351 e. The molecule has 30 heavy (non-hydrogen) atoms. The van der Waals surface area contributed by atoms with Gasteiger partial charge >= 0.3 is 6.18 Å². The molecule has 1 aliphatic rings. The monoisotopic (exact) mass is 447 g/mol. The summed E-state index contributed by atoms with van der Waals surface area (Å²) in [5, 5.41) is 11.3. The third-order valence-electron chi connectivity index (χ3n) is 4.30. The molecule has 3 N–H and O–H groups in total. The number of nitrogens with zero attached hydrogens (tertiary/aromatic N) is 2. The predicted octanol–water partition coefficient (Wildman–Crippen LogP) is 3.66. The second-order valence-electron chi connectivity index (χ2n) is 6.78. The lowest BCUT2D eigenvalue weighted by atomic mass is 10.0. The van der Waals surface area contributed by atoms with Crippen LogP contribution in [0.5, 0.6) is 0 Å². The van der Waals surface area contributed by atoms with E-state index in [-0.39, 0.29) is 41.8 Å². The first-order valence-electron chi connectivity index (χ1n) is 8.96. The third kappa shape index (κ3) is 5.92. The van der Waals surface area contributed by atoms with Crippen LogP contribution in [-0.4, -0.2) is 41.8 Å². The van der Waals surface area contributed by atoms with Gasteiger partial charge < -0.3 is 15.2 Å². The summed E-state index contributed by atoms with van der Waals surface area (Å²) in [6.45, 7) is 1.59. The van der Waals surface area contributed by atoms with Gasteiger partial charge in [0.25, 0.3) is 5.91 Å². The zero-order valence-corrected chi connectivity index (χ0v) is 16.4. The van der Waals surface area contributed by atoms with Crippen LogP contribution in [0.2, 0.25) is 5.02 Å². The van der Waals surface area contributed by atoms with E-state index in [2.05, 4.69) is 26.1 Å². The first kappa shape index (κ1) is 22.0. The highest BCUT2D eigenvalue weighted by Crippen LogP contribution is 2.27. The largest absolute Gasteiger partial charge is 0.403 e. The minimum absolute atomic E-state index is 0.0451. The number of amides is 1. The Morgan fingerprint density at radius 3 is 2.63 bits per heavy atom. The Balaban J connectivity index is 1.78. The molecule has 1 saturated heterocycles. The van der Waals surface area contributed by atoms with Gasteiger partial charge in [0.2, 0.25) is 11.7 Å². The maximum absolute atomic E-state index is 13.6. The lowest BCUT2D eigenvalue weighted by Crippen LogP contribution is -2.49. The van der Waals surface area contributed by atoms with Gasteiger partial charge in [0, 0.05) is 23.3 Å². The van der Waals surface area contributed by atoms with Crippen LogP contribution in [0.25, 0.3) is 0 Å². The number of carbonyl (C=O) groups excluding carboxylic acids is 1. The van der Waals surface area contributed by atoms with Crippen LogP contribution in [0.1, 0.15) is 29.1 Å². The summed E-state index contributed by atoms with van der Waals surface area (Å²) in [6.07, 6.45) is -4.36. The second kappa shape index (κ2) is 9.00. The van der Waals surface area contributed by atoms with E-state index in [0.29, 0.717) is 5.69 Å². The van der Waals surface area contributed by atoms with E-state index >= 15 is 0 Å². The number of aryl methyl sites for hydroxylation is 1. The number of hydrogen-bond acceptors (Lipinski definition) is 5.